The van der Waals surface area contributed by atoms with Crippen LogP contribution < -0.4 is 21.3 Å². The second-order valence-corrected chi connectivity index (χ2v) is 6.61. The van der Waals surface area contributed by atoms with Crippen LogP contribution in [0, 0.1) is 0 Å². The second-order valence-electron chi connectivity index (χ2n) is 6.61. The molecule has 6 heteroatoms. The molecule has 0 bridgehead atoms. The summed E-state index contributed by atoms with van der Waals surface area (Å²) in [5.41, 5.74) is 1.16. The van der Waals surface area contributed by atoms with Crippen molar-refractivity contribution in [2.75, 3.05) is 0 Å². The highest BCUT2D eigenvalue weighted by molar-refractivity contribution is 5.33. The van der Waals surface area contributed by atoms with E-state index in [0.29, 0.717) is 24.9 Å². The molecular weight excluding hydrogens is 318 g/mol. The Hall–Kier alpha value is -2.34. The zero-order valence-corrected chi connectivity index (χ0v) is 14.8. The predicted octanol–water partition coefficient (Wildman–Crippen LogP) is 1.70. The topological polar surface area (TPSA) is 65.3 Å². The van der Waals surface area contributed by atoms with Crippen LogP contribution in [0.4, 0.5) is 0 Å². The lowest BCUT2D eigenvalue weighted by atomic mass is 10.2. The number of aromatic nitrogens is 2. The first kappa shape index (κ1) is 17.5. The van der Waals surface area contributed by atoms with E-state index in [0.717, 1.165) is 28.7 Å². The first-order valence-corrected chi connectivity index (χ1v) is 8.77. The largest absolute Gasteiger partial charge is 0.490 e. The zero-order valence-electron chi connectivity index (χ0n) is 14.8. The smallest absolute Gasteiger partial charge is 0.330 e. The highest BCUT2D eigenvalue weighted by Crippen LogP contribution is 2.26. The van der Waals surface area contributed by atoms with Gasteiger partial charge in [-0.15, -0.1) is 0 Å². The molecule has 0 spiro atoms. The maximum absolute atomic E-state index is 12.0. The van der Waals surface area contributed by atoms with Gasteiger partial charge in [0.25, 0.3) is 5.56 Å². The minimum absolute atomic E-state index is 0.287. The highest BCUT2D eigenvalue weighted by Gasteiger charge is 2.17. The van der Waals surface area contributed by atoms with Gasteiger partial charge < -0.3 is 10.1 Å². The van der Waals surface area contributed by atoms with Crippen LogP contribution in [0.1, 0.15) is 36.9 Å². The minimum Gasteiger partial charge on any atom is -0.490 e. The molecule has 0 saturated heterocycles. The third kappa shape index (κ3) is 4.02. The molecule has 0 unspecified atom stereocenters. The molecule has 1 heterocycles. The summed E-state index contributed by atoms with van der Waals surface area (Å²) in [6, 6.07) is 9.52. The van der Waals surface area contributed by atoms with Gasteiger partial charge in [0.1, 0.15) is 5.75 Å². The van der Waals surface area contributed by atoms with Gasteiger partial charge in [-0.05, 0) is 31.7 Å². The van der Waals surface area contributed by atoms with Gasteiger partial charge in [-0.25, -0.2) is 4.79 Å². The summed E-state index contributed by atoms with van der Waals surface area (Å²) >= 11 is 0. The van der Waals surface area contributed by atoms with Crippen molar-refractivity contribution in [3.05, 3.63) is 62.4 Å². The zero-order chi connectivity index (χ0) is 17.8. The van der Waals surface area contributed by atoms with Crippen LogP contribution in [-0.2, 0) is 27.2 Å². The fourth-order valence-electron chi connectivity index (χ4n) is 3.22. The summed E-state index contributed by atoms with van der Waals surface area (Å²) in [6.07, 6.45) is 5.04. The molecule has 1 aliphatic carbocycles. The Morgan fingerprint density at radius 1 is 1.08 bits per heavy atom. The van der Waals surface area contributed by atoms with Gasteiger partial charge in [-0.3, -0.25) is 13.9 Å². The van der Waals surface area contributed by atoms with Crippen LogP contribution in [0.5, 0.6) is 5.75 Å². The van der Waals surface area contributed by atoms with Crippen molar-refractivity contribution in [1.29, 1.82) is 0 Å². The Labute approximate surface area is 147 Å². The van der Waals surface area contributed by atoms with Gasteiger partial charge in [0.05, 0.1) is 6.10 Å². The van der Waals surface area contributed by atoms with Gasteiger partial charge in [-0.1, -0.05) is 18.2 Å². The molecule has 1 aliphatic rings. The molecule has 0 amide bonds. The van der Waals surface area contributed by atoms with E-state index in [9.17, 15) is 9.59 Å². The van der Waals surface area contributed by atoms with Crippen LogP contribution >= 0.6 is 0 Å². The van der Waals surface area contributed by atoms with E-state index in [4.69, 9.17) is 4.74 Å². The molecule has 0 aliphatic heterocycles. The van der Waals surface area contributed by atoms with E-state index in [-0.39, 0.29) is 11.2 Å². The van der Waals surface area contributed by atoms with Crippen LogP contribution in [-0.4, -0.2) is 15.2 Å². The number of para-hydroxylation sites is 1. The number of ether oxygens (including phenoxy) is 1. The average Bonchev–Trinajstić information content (AvgIpc) is 3.12. The lowest BCUT2D eigenvalue weighted by Gasteiger charge is -2.17. The fraction of sp³-hybridized carbons (Fsp3) is 0.474. The molecule has 2 aromatic rings. The van der Waals surface area contributed by atoms with Crippen molar-refractivity contribution in [2.45, 2.75) is 44.9 Å². The Bertz CT molecular complexity index is 848. The minimum atomic E-state index is -0.311. The Kier molecular flexibility index (Phi) is 5.38. The summed E-state index contributed by atoms with van der Waals surface area (Å²) in [7, 11) is 3.16. The number of nitrogens with one attached hydrogen (secondary N) is 1. The van der Waals surface area contributed by atoms with Crippen molar-refractivity contribution in [3.8, 4) is 5.75 Å². The standard InChI is InChI=1S/C19H25N3O3/c1-21-15(11-18(23)22(2)19(21)24)13-20-12-14-7-3-6-10-17(14)25-16-8-4-5-9-16/h3,6-7,10-11,16,20H,4-5,8-9,12-13H2,1-2H3. The molecule has 3 rings (SSSR count). The van der Waals surface area contributed by atoms with Crippen molar-refractivity contribution in [2.24, 2.45) is 14.1 Å². The summed E-state index contributed by atoms with van der Waals surface area (Å²) in [6.45, 7) is 1.06. The first-order valence-electron chi connectivity index (χ1n) is 8.77. The lowest BCUT2D eigenvalue weighted by Crippen LogP contribution is -2.39. The Balaban J connectivity index is 1.67. The molecule has 1 aromatic carbocycles. The SMILES string of the molecule is Cn1c(CNCc2ccccc2OC2CCCC2)cc(=O)n(C)c1=O. The van der Waals surface area contributed by atoms with Crippen molar-refractivity contribution in [1.82, 2.24) is 14.5 Å². The maximum atomic E-state index is 12.0. The molecule has 1 N–H and O–H groups in total. The fourth-order valence-corrected chi connectivity index (χ4v) is 3.22. The van der Waals surface area contributed by atoms with Gasteiger partial charge in [0.15, 0.2) is 0 Å². The summed E-state index contributed by atoms with van der Waals surface area (Å²) in [4.78, 5) is 23.8. The third-order valence-electron chi connectivity index (χ3n) is 4.82. The quantitative estimate of drug-likeness (QED) is 0.867. The summed E-state index contributed by atoms with van der Waals surface area (Å²) < 4.78 is 8.74. The number of hydrogen-bond acceptors (Lipinski definition) is 4. The molecule has 1 saturated carbocycles. The summed E-state index contributed by atoms with van der Waals surface area (Å²) in [5.74, 6) is 0.916. The number of benzene rings is 1. The average molecular weight is 343 g/mol. The molecule has 0 radical (unpaired) electrons. The lowest BCUT2D eigenvalue weighted by molar-refractivity contribution is 0.207. The van der Waals surface area contributed by atoms with Crippen LogP contribution in [0.25, 0.3) is 0 Å². The van der Waals surface area contributed by atoms with Crippen molar-refractivity contribution >= 4 is 0 Å². The van der Waals surface area contributed by atoms with Gasteiger partial charge >= 0.3 is 5.69 Å². The van der Waals surface area contributed by atoms with E-state index in [1.165, 1.54) is 30.5 Å². The van der Waals surface area contributed by atoms with Crippen molar-refractivity contribution in [3.63, 3.8) is 0 Å². The number of nitrogens with zero attached hydrogens (tertiary/aromatic N) is 2. The van der Waals surface area contributed by atoms with E-state index in [2.05, 4.69) is 5.32 Å². The normalized spacial score (nSPS) is 14.8. The first-order chi connectivity index (χ1) is 12.1. The molecule has 6 nitrogen and oxygen atoms in total. The number of hydrogen-bond donors (Lipinski definition) is 1. The van der Waals surface area contributed by atoms with Crippen LogP contribution in [0.3, 0.4) is 0 Å². The maximum Gasteiger partial charge on any atom is 0.330 e. The van der Waals surface area contributed by atoms with Crippen molar-refractivity contribution < 1.29 is 4.74 Å². The Morgan fingerprint density at radius 3 is 2.56 bits per heavy atom. The van der Waals surface area contributed by atoms with Gasteiger partial charge in [0.2, 0.25) is 0 Å². The predicted molar refractivity (Wildman–Crippen MR) is 96.8 cm³/mol. The Morgan fingerprint density at radius 2 is 1.80 bits per heavy atom. The van der Waals surface area contributed by atoms with E-state index in [1.807, 2.05) is 24.3 Å². The van der Waals surface area contributed by atoms with Crippen LogP contribution in [0.15, 0.2) is 39.9 Å². The molecule has 1 aromatic heterocycles. The van der Waals surface area contributed by atoms with E-state index in [1.54, 1.807) is 7.05 Å². The molecule has 134 valence electrons. The highest BCUT2D eigenvalue weighted by atomic mass is 16.5. The van der Waals surface area contributed by atoms with E-state index >= 15 is 0 Å². The molecule has 1 fully saturated rings. The number of rotatable bonds is 6. The molecule has 25 heavy (non-hydrogen) atoms. The monoisotopic (exact) mass is 343 g/mol. The van der Waals surface area contributed by atoms with Gasteiger partial charge in [-0.2, -0.15) is 0 Å². The van der Waals surface area contributed by atoms with Crippen LogP contribution in [0.2, 0.25) is 0 Å². The summed E-state index contributed by atoms with van der Waals surface area (Å²) in [5, 5.41) is 3.31. The van der Waals surface area contributed by atoms with Gasteiger partial charge in [0, 0.05) is 44.5 Å². The van der Waals surface area contributed by atoms with E-state index < -0.39 is 0 Å². The molecule has 0 atom stereocenters. The second kappa shape index (κ2) is 7.70. The third-order valence-corrected chi connectivity index (χ3v) is 4.82. The molecular formula is C19H25N3O3.